The van der Waals surface area contributed by atoms with Gasteiger partial charge in [0.25, 0.3) is 0 Å². The monoisotopic (exact) mass is 413 g/mol. The van der Waals surface area contributed by atoms with Gasteiger partial charge >= 0.3 is 0 Å². The van der Waals surface area contributed by atoms with Crippen molar-refractivity contribution in [1.82, 2.24) is 9.29 Å². The lowest BCUT2D eigenvalue weighted by Crippen LogP contribution is -2.25. The molecule has 1 aromatic heterocycles. The molecular formula is C21H23N3O4S. The summed E-state index contributed by atoms with van der Waals surface area (Å²) < 4.78 is 34.2. The summed E-state index contributed by atoms with van der Waals surface area (Å²) in [7, 11) is -1.89. The molecule has 4 rings (SSSR count). The maximum Gasteiger partial charge on any atom is 0.244 e. The Morgan fingerprint density at radius 3 is 2.59 bits per heavy atom. The van der Waals surface area contributed by atoms with Crippen LogP contribution in [0.4, 0.5) is 5.69 Å². The van der Waals surface area contributed by atoms with Crippen LogP contribution in [0.2, 0.25) is 0 Å². The third kappa shape index (κ3) is 4.60. The van der Waals surface area contributed by atoms with E-state index < -0.39 is 10.0 Å². The van der Waals surface area contributed by atoms with E-state index in [0.29, 0.717) is 18.2 Å². The first-order valence-corrected chi connectivity index (χ1v) is 11.0. The molecule has 0 bridgehead atoms. The van der Waals surface area contributed by atoms with Crippen molar-refractivity contribution in [3.63, 3.8) is 0 Å². The molecule has 0 spiro atoms. The summed E-state index contributed by atoms with van der Waals surface area (Å²) in [5.41, 5.74) is 1.48. The maximum absolute atomic E-state index is 12.4. The smallest absolute Gasteiger partial charge is 0.244 e. The minimum atomic E-state index is -3.51. The molecule has 2 N–H and O–H groups in total. The lowest BCUT2D eigenvalue weighted by atomic mass is 10.2. The van der Waals surface area contributed by atoms with E-state index >= 15 is 0 Å². The average molecular weight is 413 g/mol. The highest BCUT2D eigenvalue weighted by atomic mass is 32.2. The second-order valence-corrected chi connectivity index (χ2v) is 9.00. The highest BCUT2D eigenvalue weighted by Crippen LogP contribution is 2.28. The van der Waals surface area contributed by atoms with Crippen LogP contribution >= 0.6 is 0 Å². The van der Waals surface area contributed by atoms with Crippen molar-refractivity contribution in [2.45, 2.75) is 24.3 Å². The molecule has 2 aromatic carbocycles. The quantitative estimate of drug-likeness (QED) is 0.594. The lowest BCUT2D eigenvalue weighted by Gasteiger charge is -2.09. The number of nitrogens with one attached hydrogen (secondary N) is 2. The molecule has 1 fully saturated rings. The Morgan fingerprint density at radius 2 is 1.90 bits per heavy atom. The first kappa shape index (κ1) is 19.5. The predicted molar refractivity (Wildman–Crippen MR) is 111 cm³/mol. The Morgan fingerprint density at radius 1 is 1.14 bits per heavy atom. The fourth-order valence-electron chi connectivity index (χ4n) is 3.15. The van der Waals surface area contributed by atoms with Gasteiger partial charge in [0.05, 0.1) is 12.0 Å². The van der Waals surface area contributed by atoms with Crippen molar-refractivity contribution in [3.05, 3.63) is 54.7 Å². The number of benzene rings is 2. The van der Waals surface area contributed by atoms with Crippen LogP contribution in [-0.4, -0.2) is 32.5 Å². The highest BCUT2D eigenvalue weighted by Gasteiger charge is 2.24. The maximum atomic E-state index is 12.4. The van der Waals surface area contributed by atoms with Crippen molar-refractivity contribution in [2.24, 2.45) is 5.92 Å². The molecule has 1 aliphatic carbocycles. The summed E-state index contributed by atoms with van der Waals surface area (Å²) >= 11 is 0. The predicted octanol–water partition coefficient (Wildman–Crippen LogP) is 2.98. The van der Waals surface area contributed by atoms with Crippen LogP contribution in [0.1, 0.15) is 12.8 Å². The Kier molecular flexibility index (Phi) is 5.29. The van der Waals surface area contributed by atoms with E-state index in [1.807, 2.05) is 35.0 Å². The standard InChI is InChI=1S/C21H23N3O4S/c1-28-18-6-9-20-16(12-18)10-11-24(20)14-21(25)23-17-4-7-19(8-5-17)29(26,27)22-13-15-2-3-15/h4-12,15,22H,2-3,13-14H2,1H3,(H,23,25). The number of carbonyl (C=O) groups is 1. The van der Waals surface area contributed by atoms with E-state index in [0.717, 1.165) is 29.5 Å². The van der Waals surface area contributed by atoms with Gasteiger partial charge in [0, 0.05) is 29.3 Å². The largest absolute Gasteiger partial charge is 0.497 e. The van der Waals surface area contributed by atoms with E-state index in [1.165, 1.54) is 12.1 Å². The van der Waals surface area contributed by atoms with Gasteiger partial charge < -0.3 is 14.6 Å². The Labute approximate surface area is 169 Å². The van der Waals surface area contributed by atoms with Gasteiger partial charge in [0.2, 0.25) is 15.9 Å². The molecular weight excluding hydrogens is 390 g/mol. The van der Waals surface area contributed by atoms with E-state index in [1.54, 1.807) is 19.2 Å². The van der Waals surface area contributed by atoms with Crippen molar-refractivity contribution in [2.75, 3.05) is 19.0 Å². The molecule has 0 unspecified atom stereocenters. The van der Waals surface area contributed by atoms with Gasteiger partial charge in [-0.2, -0.15) is 0 Å². The number of ether oxygens (including phenoxy) is 1. The Balaban J connectivity index is 1.39. The summed E-state index contributed by atoms with van der Waals surface area (Å²) in [6, 6.07) is 13.8. The van der Waals surface area contributed by atoms with E-state index in [2.05, 4.69) is 10.0 Å². The number of anilines is 1. The SMILES string of the molecule is COc1ccc2c(ccn2CC(=O)Nc2ccc(S(=O)(=O)NCC3CC3)cc2)c1. The molecule has 7 nitrogen and oxygen atoms in total. The molecule has 152 valence electrons. The molecule has 1 saturated carbocycles. The zero-order valence-corrected chi connectivity index (χ0v) is 16.9. The van der Waals surface area contributed by atoms with Crippen LogP contribution in [-0.2, 0) is 21.4 Å². The van der Waals surface area contributed by atoms with Gasteiger partial charge in [0.15, 0.2) is 0 Å². The molecule has 1 aliphatic rings. The first-order chi connectivity index (χ1) is 13.9. The Hall–Kier alpha value is -2.84. The molecule has 0 aliphatic heterocycles. The lowest BCUT2D eigenvalue weighted by molar-refractivity contribution is -0.116. The zero-order valence-electron chi connectivity index (χ0n) is 16.1. The van der Waals surface area contributed by atoms with E-state index in [9.17, 15) is 13.2 Å². The Bertz CT molecular complexity index is 1130. The fourth-order valence-corrected chi connectivity index (χ4v) is 4.26. The van der Waals surface area contributed by atoms with Crippen molar-refractivity contribution in [1.29, 1.82) is 0 Å². The van der Waals surface area contributed by atoms with Crippen LogP contribution in [0.5, 0.6) is 5.75 Å². The summed E-state index contributed by atoms with van der Waals surface area (Å²) in [6.07, 6.45) is 4.01. The number of sulfonamides is 1. The molecule has 1 heterocycles. The van der Waals surface area contributed by atoms with Crippen molar-refractivity contribution in [3.8, 4) is 5.75 Å². The molecule has 29 heavy (non-hydrogen) atoms. The van der Waals surface area contributed by atoms with Gasteiger partial charge in [-0.1, -0.05) is 0 Å². The summed E-state index contributed by atoms with van der Waals surface area (Å²) in [5, 5.41) is 3.80. The van der Waals surface area contributed by atoms with Crippen LogP contribution in [0.15, 0.2) is 59.6 Å². The number of rotatable bonds is 8. The van der Waals surface area contributed by atoms with E-state index in [4.69, 9.17) is 4.74 Å². The number of carbonyl (C=O) groups excluding carboxylic acids is 1. The molecule has 0 atom stereocenters. The second kappa shape index (κ2) is 7.88. The number of hydrogen-bond donors (Lipinski definition) is 2. The van der Waals surface area contributed by atoms with E-state index in [-0.39, 0.29) is 17.3 Å². The normalized spacial score (nSPS) is 14.1. The van der Waals surface area contributed by atoms with Crippen molar-refractivity contribution < 1.29 is 17.9 Å². The topological polar surface area (TPSA) is 89.4 Å². The van der Waals surface area contributed by atoms with Gasteiger partial charge in [-0.3, -0.25) is 4.79 Å². The number of hydrogen-bond acceptors (Lipinski definition) is 4. The molecule has 8 heteroatoms. The fraction of sp³-hybridized carbons (Fsp3) is 0.286. The van der Waals surface area contributed by atoms with Gasteiger partial charge in [0.1, 0.15) is 12.3 Å². The molecule has 0 saturated heterocycles. The van der Waals surface area contributed by atoms with Crippen LogP contribution in [0.3, 0.4) is 0 Å². The van der Waals surface area contributed by atoms with Gasteiger partial charge in [-0.05, 0) is 67.3 Å². The second-order valence-electron chi connectivity index (χ2n) is 7.24. The third-order valence-corrected chi connectivity index (χ3v) is 6.44. The van der Waals surface area contributed by atoms with Crippen LogP contribution in [0.25, 0.3) is 10.9 Å². The van der Waals surface area contributed by atoms with Gasteiger partial charge in [-0.25, -0.2) is 13.1 Å². The summed E-state index contributed by atoms with van der Waals surface area (Å²) in [4.78, 5) is 12.6. The minimum absolute atomic E-state index is 0.152. The summed E-state index contributed by atoms with van der Waals surface area (Å²) in [6.45, 7) is 0.635. The average Bonchev–Trinajstić information content (AvgIpc) is 3.47. The number of nitrogens with zero attached hydrogens (tertiary/aromatic N) is 1. The first-order valence-electron chi connectivity index (χ1n) is 9.47. The van der Waals surface area contributed by atoms with Crippen LogP contribution < -0.4 is 14.8 Å². The number of fused-ring (bicyclic) bond motifs is 1. The van der Waals surface area contributed by atoms with Crippen molar-refractivity contribution >= 4 is 32.5 Å². The minimum Gasteiger partial charge on any atom is -0.497 e. The number of amides is 1. The number of aromatic nitrogens is 1. The summed E-state index contributed by atoms with van der Waals surface area (Å²) in [5.74, 6) is 1.04. The molecule has 1 amide bonds. The number of methoxy groups -OCH3 is 1. The van der Waals surface area contributed by atoms with Gasteiger partial charge in [-0.15, -0.1) is 0 Å². The molecule has 3 aromatic rings. The third-order valence-electron chi connectivity index (χ3n) is 5.00. The molecule has 0 radical (unpaired) electrons. The van der Waals surface area contributed by atoms with Crippen LogP contribution in [0, 0.1) is 5.92 Å². The highest BCUT2D eigenvalue weighted by molar-refractivity contribution is 7.89. The zero-order chi connectivity index (χ0) is 20.4.